The van der Waals surface area contributed by atoms with E-state index < -0.39 is 10.0 Å². The van der Waals surface area contributed by atoms with E-state index in [0.717, 1.165) is 31.9 Å². The molecule has 0 aliphatic carbocycles. The first-order valence-corrected chi connectivity index (χ1v) is 11.1. The van der Waals surface area contributed by atoms with Crippen LogP contribution in [0.4, 0.5) is 5.69 Å². The van der Waals surface area contributed by atoms with Crippen LogP contribution in [-0.4, -0.2) is 65.5 Å². The van der Waals surface area contributed by atoms with Crippen LogP contribution in [0.2, 0.25) is 0 Å². The van der Waals surface area contributed by atoms with Crippen LogP contribution in [0.3, 0.4) is 0 Å². The summed E-state index contributed by atoms with van der Waals surface area (Å²) >= 11 is 0. The number of rotatable bonds is 8. The summed E-state index contributed by atoms with van der Waals surface area (Å²) in [6, 6.07) is 14.0. The normalized spacial score (nSPS) is 15.3. The van der Waals surface area contributed by atoms with Gasteiger partial charge in [0.1, 0.15) is 5.75 Å². The Morgan fingerprint density at radius 2 is 1.62 bits per heavy atom. The Labute approximate surface area is 172 Å². The Bertz CT molecular complexity index is 919. The predicted octanol–water partition coefficient (Wildman–Crippen LogP) is 2.00. The highest BCUT2D eigenvalue weighted by molar-refractivity contribution is 7.89. The van der Waals surface area contributed by atoms with Gasteiger partial charge in [-0.05, 0) is 43.3 Å². The van der Waals surface area contributed by atoms with Gasteiger partial charge in [-0.1, -0.05) is 12.1 Å². The van der Waals surface area contributed by atoms with E-state index in [2.05, 4.69) is 26.7 Å². The molecule has 8 heteroatoms. The van der Waals surface area contributed by atoms with Crippen LogP contribution in [0.25, 0.3) is 0 Å². The van der Waals surface area contributed by atoms with Crippen molar-refractivity contribution in [1.29, 1.82) is 0 Å². The van der Waals surface area contributed by atoms with E-state index in [-0.39, 0.29) is 10.7 Å². The van der Waals surface area contributed by atoms with Gasteiger partial charge in [0, 0.05) is 50.5 Å². The Morgan fingerprint density at radius 3 is 2.17 bits per heavy atom. The predicted molar refractivity (Wildman–Crippen MR) is 113 cm³/mol. The molecule has 0 saturated carbocycles. The summed E-state index contributed by atoms with van der Waals surface area (Å²) in [5, 5.41) is 0. The number of methoxy groups -OCH3 is 1. The van der Waals surface area contributed by atoms with Crippen LogP contribution in [0.15, 0.2) is 53.4 Å². The number of hydrogen-bond acceptors (Lipinski definition) is 6. The first-order valence-electron chi connectivity index (χ1n) is 9.61. The SMILES string of the molecule is COc1ccc(N2CCN(CCNS(=O)(=O)c3ccc(C(C)=O)cc3)CC2)cc1. The maximum atomic E-state index is 12.4. The molecular formula is C21H27N3O4S. The molecule has 1 fully saturated rings. The molecule has 0 amide bonds. The minimum atomic E-state index is -3.57. The van der Waals surface area contributed by atoms with Gasteiger partial charge >= 0.3 is 0 Å². The smallest absolute Gasteiger partial charge is 0.240 e. The number of carbonyl (C=O) groups is 1. The van der Waals surface area contributed by atoms with E-state index in [9.17, 15) is 13.2 Å². The van der Waals surface area contributed by atoms with Gasteiger partial charge in [-0.3, -0.25) is 9.69 Å². The molecule has 0 radical (unpaired) electrons. The van der Waals surface area contributed by atoms with Gasteiger partial charge in [0.05, 0.1) is 12.0 Å². The average Bonchev–Trinajstić information content (AvgIpc) is 2.74. The summed E-state index contributed by atoms with van der Waals surface area (Å²) in [6.45, 7) is 6.00. The van der Waals surface area contributed by atoms with E-state index >= 15 is 0 Å². The maximum Gasteiger partial charge on any atom is 0.240 e. The lowest BCUT2D eigenvalue weighted by atomic mass is 10.2. The molecule has 1 aliphatic rings. The molecule has 3 rings (SSSR count). The molecule has 1 N–H and O–H groups in total. The molecule has 29 heavy (non-hydrogen) atoms. The third kappa shape index (κ3) is 5.56. The number of Topliss-reactive ketones (excluding diaryl/α,β-unsaturated/α-hetero) is 1. The molecule has 0 spiro atoms. The van der Waals surface area contributed by atoms with Gasteiger partial charge in [-0.15, -0.1) is 0 Å². The molecule has 1 heterocycles. The maximum absolute atomic E-state index is 12.4. The molecule has 156 valence electrons. The monoisotopic (exact) mass is 417 g/mol. The van der Waals surface area contributed by atoms with Crippen molar-refractivity contribution < 1.29 is 17.9 Å². The molecule has 7 nitrogen and oxygen atoms in total. The Balaban J connectivity index is 1.45. The third-order valence-electron chi connectivity index (χ3n) is 5.10. The number of sulfonamides is 1. The van der Waals surface area contributed by atoms with Crippen molar-refractivity contribution in [3.05, 3.63) is 54.1 Å². The molecular weight excluding hydrogens is 390 g/mol. The minimum Gasteiger partial charge on any atom is -0.497 e. The largest absolute Gasteiger partial charge is 0.497 e. The van der Waals surface area contributed by atoms with Crippen molar-refractivity contribution in [2.75, 3.05) is 51.3 Å². The summed E-state index contributed by atoms with van der Waals surface area (Å²) in [6.07, 6.45) is 0. The van der Waals surface area contributed by atoms with E-state index in [1.165, 1.54) is 36.9 Å². The number of nitrogens with one attached hydrogen (secondary N) is 1. The Kier molecular flexibility index (Phi) is 6.89. The standard InChI is InChI=1S/C21H27N3O4S/c1-17(25)18-3-9-21(10-4-18)29(26,27)22-11-12-23-13-15-24(16-14-23)19-5-7-20(28-2)8-6-19/h3-10,22H,11-16H2,1-2H3. The second kappa shape index (κ2) is 9.39. The Hall–Kier alpha value is -2.42. The van der Waals surface area contributed by atoms with Gasteiger partial charge in [0.2, 0.25) is 10.0 Å². The fourth-order valence-electron chi connectivity index (χ4n) is 3.31. The van der Waals surface area contributed by atoms with Crippen molar-refractivity contribution >= 4 is 21.5 Å². The van der Waals surface area contributed by atoms with Gasteiger partial charge < -0.3 is 9.64 Å². The van der Waals surface area contributed by atoms with Crippen molar-refractivity contribution in [3.8, 4) is 5.75 Å². The van der Waals surface area contributed by atoms with Gasteiger partial charge in [0.15, 0.2) is 5.78 Å². The van der Waals surface area contributed by atoms with E-state index in [1.807, 2.05) is 12.1 Å². The van der Waals surface area contributed by atoms with Gasteiger partial charge in [0.25, 0.3) is 0 Å². The van der Waals surface area contributed by atoms with Crippen molar-refractivity contribution in [3.63, 3.8) is 0 Å². The number of ether oxygens (including phenoxy) is 1. The summed E-state index contributed by atoms with van der Waals surface area (Å²) in [7, 11) is -1.92. The van der Waals surface area contributed by atoms with Crippen molar-refractivity contribution in [2.45, 2.75) is 11.8 Å². The number of hydrogen-bond donors (Lipinski definition) is 1. The van der Waals surface area contributed by atoms with Crippen molar-refractivity contribution in [2.24, 2.45) is 0 Å². The number of benzene rings is 2. The Morgan fingerprint density at radius 1 is 1.00 bits per heavy atom. The zero-order valence-electron chi connectivity index (χ0n) is 16.8. The average molecular weight is 418 g/mol. The number of anilines is 1. The van der Waals surface area contributed by atoms with Gasteiger partial charge in [-0.25, -0.2) is 13.1 Å². The van der Waals surface area contributed by atoms with Crippen molar-refractivity contribution in [1.82, 2.24) is 9.62 Å². The molecule has 0 bridgehead atoms. The van der Waals surface area contributed by atoms with Crippen LogP contribution in [0.1, 0.15) is 17.3 Å². The topological polar surface area (TPSA) is 79.0 Å². The number of carbonyl (C=O) groups excluding carboxylic acids is 1. The van der Waals surface area contributed by atoms with Crippen LogP contribution in [0.5, 0.6) is 5.75 Å². The summed E-state index contributed by atoms with van der Waals surface area (Å²) in [5.41, 5.74) is 1.67. The summed E-state index contributed by atoms with van der Waals surface area (Å²) < 4.78 is 32.7. The highest BCUT2D eigenvalue weighted by atomic mass is 32.2. The molecule has 0 unspecified atom stereocenters. The number of nitrogens with zero attached hydrogens (tertiary/aromatic N) is 2. The van der Waals surface area contributed by atoms with Gasteiger partial charge in [-0.2, -0.15) is 0 Å². The van der Waals surface area contributed by atoms with Crippen LogP contribution in [0, 0.1) is 0 Å². The van der Waals surface area contributed by atoms with Crippen LogP contribution >= 0.6 is 0 Å². The zero-order valence-corrected chi connectivity index (χ0v) is 17.6. The molecule has 0 aromatic heterocycles. The lowest BCUT2D eigenvalue weighted by Gasteiger charge is -2.36. The molecule has 0 atom stereocenters. The molecule has 1 aliphatic heterocycles. The van der Waals surface area contributed by atoms with Crippen LogP contribution in [-0.2, 0) is 10.0 Å². The molecule has 2 aromatic carbocycles. The first-order chi connectivity index (χ1) is 13.9. The quantitative estimate of drug-likeness (QED) is 0.662. The fraction of sp³-hybridized carbons (Fsp3) is 0.381. The number of ketones is 1. The number of piperazine rings is 1. The summed E-state index contributed by atoms with van der Waals surface area (Å²) in [4.78, 5) is 16.1. The highest BCUT2D eigenvalue weighted by Gasteiger charge is 2.19. The van der Waals surface area contributed by atoms with Crippen LogP contribution < -0.4 is 14.4 Å². The zero-order chi connectivity index (χ0) is 20.9. The minimum absolute atomic E-state index is 0.0873. The second-order valence-electron chi connectivity index (χ2n) is 7.01. The highest BCUT2D eigenvalue weighted by Crippen LogP contribution is 2.20. The third-order valence-corrected chi connectivity index (χ3v) is 6.58. The van der Waals surface area contributed by atoms with E-state index in [4.69, 9.17) is 4.74 Å². The summed E-state index contributed by atoms with van der Waals surface area (Å²) in [5.74, 6) is 0.756. The first kappa shape index (κ1) is 21.3. The molecule has 2 aromatic rings. The molecule has 1 saturated heterocycles. The van der Waals surface area contributed by atoms with E-state index in [0.29, 0.717) is 18.7 Å². The second-order valence-corrected chi connectivity index (χ2v) is 8.77. The van der Waals surface area contributed by atoms with E-state index in [1.54, 1.807) is 7.11 Å². The lowest BCUT2D eigenvalue weighted by molar-refractivity contribution is 0.101. The lowest BCUT2D eigenvalue weighted by Crippen LogP contribution is -2.48. The fourth-order valence-corrected chi connectivity index (χ4v) is 4.33.